The van der Waals surface area contributed by atoms with Crippen LogP contribution < -0.4 is 0 Å². The van der Waals surface area contributed by atoms with Gasteiger partial charge in [0.05, 0.1) is 5.60 Å². The molecule has 4 nitrogen and oxygen atoms in total. The topological polar surface area (TPSA) is 78.0 Å². The molecule has 26 heavy (non-hydrogen) atoms. The minimum absolute atomic E-state index is 0. The van der Waals surface area contributed by atoms with Gasteiger partial charge in [0.15, 0.2) is 11.4 Å². The number of carbonyl (C=O) groups excluding carboxylic acids is 1. The summed E-state index contributed by atoms with van der Waals surface area (Å²) in [7, 11) is 0. The molecule has 2 aliphatic carbocycles. The summed E-state index contributed by atoms with van der Waals surface area (Å²) in [5.41, 5.74) is -3.16. The number of rotatable bonds is 1. The second-order valence-electron chi connectivity index (χ2n) is 9.51. The first kappa shape index (κ1) is 25.9. The zero-order valence-corrected chi connectivity index (χ0v) is 18.3. The van der Waals surface area contributed by atoms with Gasteiger partial charge in [0, 0.05) is 11.8 Å². The second-order valence-corrected chi connectivity index (χ2v) is 9.51. The maximum atomic E-state index is 13.2. The monoisotopic (exact) mass is 410 g/mol. The quantitative estimate of drug-likeness (QED) is 0.661. The molecule has 5 atom stereocenters. The molecular formula is C20H36Cl2O4. The lowest BCUT2D eigenvalue weighted by atomic mass is 9.42. The summed E-state index contributed by atoms with van der Waals surface area (Å²) in [6, 6.07) is 0. The van der Waals surface area contributed by atoms with Gasteiger partial charge in [-0.1, -0.05) is 33.3 Å². The Balaban J connectivity index is 0.00000208. The van der Waals surface area contributed by atoms with Gasteiger partial charge >= 0.3 is 0 Å². The fraction of sp³-hybridized carbons (Fsp3) is 0.850. The van der Waals surface area contributed by atoms with E-state index >= 15 is 0 Å². The van der Waals surface area contributed by atoms with E-state index in [9.17, 15) is 9.90 Å². The van der Waals surface area contributed by atoms with Gasteiger partial charge in [0.25, 0.3) is 0 Å². The third-order valence-electron chi connectivity index (χ3n) is 7.54. The highest BCUT2D eigenvalue weighted by Crippen LogP contribution is 2.66. The number of Topliss-reactive ketones (excluding diaryl/α,β-unsaturated/α-hetero) is 1. The van der Waals surface area contributed by atoms with E-state index in [4.69, 9.17) is 4.74 Å². The molecule has 0 aromatic rings. The average Bonchev–Trinajstić information content (AvgIpc) is 2.42. The zero-order valence-electron chi connectivity index (χ0n) is 16.7. The van der Waals surface area contributed by atoms with Crippen LogP contribution in [0.2, 0.25) is 0 Å². The first-order valence-corrected chi connectivity index (χ1v) is 9.04. The highest BCUT2D eigenvalue weighted by atomic mass is 35.5. The predicted octanol–water partition coefficient (Wildman–Crippen LogP) is 4.06. The van der Waals surface area contributed by atoms with Gasteiger partial charge in [-0.2, -0.15) is 0 Å². The van der Waals surface area contributed by atoms with Crippen molar-refractivity contribution in [2.24, 2.45) is 16.7 Å². The normalized spacial score (nSPS) is 46.4. The summed E-state index contributed by atoms with van der Waals surface area (Å²) in [4.78, 5) is 13.2. The maximum absolute atomic E-state index is 13.2. The Morgan fingerprint density at radius 1 is 1.12 bits per heavy atom. The number of aliphatic hydroxyl groups is 1. The van der Waals surface area contributed by atoms with Crippen LogP contribution >= 0.6 is 24.8 Å². The molecule has 0 amide bonds. The number of ether oxygens (including phenoxy) is 1. The van der Waals surface area contributed by atoms with Crippen molar-refractivity contribution in [3.8, 4) is 0 Å². The molecule has 0 aromatic carbocycles. The minimum Gasteiger partial charge on any atom is -0.412 e. The Labute approximate surface area is 170 Å². The van der Waals surface area contributed by atoms with E-state index < -0.39 is 22.2 Å². The van der Waals surface area contributed by atoms with Gasteiger partial charge in [-0.3, -0.25) is 4.79 Å². The van der Waals surface area contributed by atoms with E-state index in [0.717, 1.165) is 25.7 Å². The number of ketones is 1. The van der Waals surface area contributed by atoms with E-state index in [2.05, 4.69) is 27.4 Å². The van der Waals surface area contributed by atoms with Crippen molar-refractivity contribution in [1.82, 2.24) is 0 Å². The van der Waals surface area contributed by atoms with Crippen LogP contribution in [0.25, 0.3) is 0 Å². The molecule has 1 heterocycles. The van der Waals surface area contributed by atoms with Crippen LogP contribution in [-0.4, -0.2) is 33.2 Å². The lowest BCUT2D eigenvalue weighted by Crippen LogP contribution is -2.77. The molecule has 6 heteroatoms. The van der Waals surface area contributed by atoms with E-state index in [1.165, 1.54) is 6.42 Å². The first-order chi connectivity index (χ1) is 10.4. The maximum Gasteiger partial charge on any atom is 0.171 e. The van der Waals surface area contributed by atoms with Crippen LogP contribution in [0, 0.1) is 16.7 Å². The van der Waals surface area contributed by atoms with Gasteiger partial charge in [0.1, 0.15) is 5.60 Å². The van der Waals surface area contributed by atoms with Crippen molar-refractivity contribution in [2.75, 3.05) is 0 Å². The summed E-state index contributed by atoms with van der Waals surface area (Å²) in [6.45, 7) is 14.4. The van der Waals surface area contributed by atoms with Crippen LogP contribution in [0.5, 0.6) is 0 Å². The molecular weight excluding hydrogens is 375 g/mol. The lowest BCUT2D eigenvalue weighted by molar-refractivity contribution is -0.307. The summed E-state index contributed by atoms with van der Waals surface area (Å²) < 4.78 is 6.38. The van der Waals surface area contributed by atoms with Crippen LogP contribution in [0.1, 0.15) is 73.1 Å². The van der Waals surface area contributed by atoms with E-state index in [0.29, 0.717) is 5.92 Å². The molecule has 0 radical (unpaired) electrons. The average molecular weight is 411 g/mol. The van der Waals surface area contributed by atoms with Crippen molar-refractivity contribution in [3.63, 3.8) is 0 Å². The lowest BCUT2D eigenvalue weighted by Gasteiger charge is -2.67. The molecule has 0 aromatic heterocycles. The van der Waals surface area contributed by atoms with Crippen LogP contribution in [-0.2, 0) is 9.53 Å². The van der Waals surface area contributed by atoms with E-state index in [-0.39, 0.29) is 47.9 Å². The standard InChI is InChI=1S/C20H32O3.2ClH.H2O/c1-7-17(4)13-15(21)20(22)18(5)11-8-10-16(2,3)14(18)9-12-19(20,6)23-17;;;/h7,14,22H,1,8-13H2,2-6H3;2*1H;1H2/t14-,17-,18-,19+,20-;;;/m0.../s1. The Kier molecular flexibility index (Phi) is 7.33. The van der Waals surface area contributed by atoms with Crippen molar-refractivity contribution in [1.29, 1.82) is 0 Å². The minimum atomic E-state index is -1.40. The van der Waals surface area contributed by atoms with Crippen LogP contribution in [0.15, 0.2) is 12.7 Å². The Hall–Kier alpha value is -0.130. The molecule has 0 unspecified atom stereocenters. The molecule has 3 rings (SSSR count). The second kappa shape index (κ2) is 7.36. The zero-order chi connectivity index (χ0) is 17.3. The molecule has 2 saturated carbocycles. The highest BCUT2D eigenvalue weighted by molar-refractivity contribution is 5.92. The van der Waals surface area contributed by atoms with Gasteiger partial charge in [-0.25, -0.2) is 0 Å². The summed E-state index contributed by atoms with van der Waals surface area (Å²) in [5.74, 6) is 0.293. The third kappa shape index (κ3) is 3.06. The Bertz CT molecular complexity index is 566. The molecule has 1 aliphatic heterocycles. The van der Waals surface area contributed by atoms with Crippen molar-refractivity contribution < 1.29 is 20.1 Å². The number of halogens is 2. The fourth-order valence-corrected chi connectivity index (χ4v) is 6.32. The van der Waals surface area contributed by atoms with E-state index in [1.807, 2.05) is 13.8 Å². The smallest absolute Gasteiger partial charge is 0.171 e. The van der Waals surface area contributed by atoms with Gasteiger partial charge in [-0.05, 0) is 50.9 Å². The van der Waals surface area contributed by atoms with Crippen molar-refractivity contribution in [3.05, 3.63) is 12.7 Å². The van der Waals surface area contributed by atoms with Gasteiger partial charge < -0.3 is 15.3 Å². The molecule has 3 fully saturated rings. The molecule has 1 saturated heterocycles. The van der Waals surface area contributed by atoms with Gasteiger partial charge in [0.2, 0.25) is 0 Å². The fourth-order valence-electron chi connectivity index (χ4n) is 6.32. The van der Waals surface area contributed by atoms with Crippen molar-refractivity contribution in [2.45, 2.75) is 89.9 Å². The molecule has 3 aliphatic rings. The third-order valence-corrected chi connectivity index (χ3v) is 7.54. The molecule has 154 valence electrons. The number of hydrogen-bond donors (Lipinski definition) is 1. The largest absolute Gasteiger partial charge is 0.412 e. The molecule has 3 N–H and O–H groups in total. The number of carbonyl (C=O) groups is 1. The van der Waals surface area contributed by atoms with E-state index in [1.54, 1.807) is 6.08 Å². The molecule has 0 bridgehead atoms. The predicted molar refractivity (Wildman–Crippen MR) is 109 cm³/mol. The SMILES string of the molecule is C=C[C@@]1(C)CC(=O)[C@@]2(O)[C@@](C)(CC[C@H]3C(C)(C)CCC[C@@]32C)O1.Cl.Cl.O. The Morgan fingerprint density at radius 2 is 1.69 bits per heavy atom. The van der Waals surface area contributed by atoms with Crippen LogP contribution in [0.3, 0.4) is 0 Å². The first-order valence-electron chi connectivity index (χ1n) is 9.04. The van der Waals surface area contributed by atoms with Crippen molar-refractivity contribution >= 4 is 30.6 Å². The highest BCUT2D eigenvalue weighted by Gasteiger charge is 2.73. The summed E-state index contributed by atoms with van der Waals surface area (Å²) in [6.07, 6.45) is 6.78. The van der Waals surface area contributed by atoms with Crippen LogP contribution in [0.4, 0.5) is 0 Å². The molecule has 0 spiro atoms. The van der Waals surface area contributed by atoms with Gasteiger partial charge in [-0.15, -0.1) is 31.4 Å². The summed E-state index contributed by atoms with van der Waals surface area (Å²) >= 11 is 0. The Morgan fingerprint density at radius 3 is 2.23 bits per heavy atom. The summed E-state index contributed by atoms with van der Waals surface area (Å²) in [5, 5.41) is 11.8. The number of hydrogen-bond acceptors (Lipinski definition) is 3. The number of fused-ring (bicyclic) bond motifs is 3.